The number of para-hydroxylation sites is 2. The van der Waals surface area contributed by atoms with Gasteiger partial charge in [-0.3, -0.25) is 5.41 Å². The summed E-state index contributed by atoms with van der Waals surface area (Å²) in [6, 6.07) is 13.8. The zero-order valence-corrected chi connectivity index (χ0v) is 12.6. The van der Waals surface area contributed by atoms with E-state index in [1.807, 2.05) is 24.3 Å². The van der Waals surface area contributed by atoms with Gasteiger partial charge in [-0.15, -0.1) is 0 Å². The van der Waals surface area contributed by atoms with Crippen molar-refractivity contribution in [2.45, 2.75) is 0 Å². The normalized spacial score (nSPS) is 14.0. The summed E-state index contributed by atoms with van der Waals surface area (Å²) in [5.41, 5.74) is 9.61. The first-order valence-electron chi connectivity index (χ1n) is 6.79. The fraction of sp³-hybridized carbons (Fsp3) is 0.188. The lowest BCUT2D eigenvalue weighted by Crippen LogP contribution is -2.37. The first-order valence-corrected chi connectivity index (χ1v) is 7.17. The molecule has 1 aliphatic heterocycles. The van der Waals surface area contributed by atoms with E-state index in [9.17, 15) is 0 Å². The number of rotatable bonds is 2. The van der Waals surface area contributed by atoms with Crippen LogP contribution in [-0.4, -0.2) is 26.0 Å². The molecule has 1 heterocycles. The third kappa shape index (κ3) is 2.43. The van der Waals surface area contributed by atoms with Crippen LogP contribution in [0.15, 0.2) is 42.5 Å². The average Bonchev–Trinajstić information content (AvgIpc) is 2.48. The second kappa shape index (κ2) is 5.30. The van der Waals surface area contributed by atoms with E-state index in [0.717, 1.165) is 24.5 Å². The molecule has 2 aromatic rings. The van der Waals surface area contributed by atoms with Crippen molar-refractivity contribution >= 4 is 34.5 Å². The fourth-order valence-corrected chi connectivity index (χ4v) is 2.89. The van der Waals surface area contributed by atoms with Crippen LogP contribution in [0, 0.1) is 5.41 Å². The standard InChI is InChI=1S/C16H17ClN4/c1-20-8-9-21(15-5-3-2-4-14(15)20)13-7-6-11(17)10-12(13)16(18)19/h2-7,10H,8-9H2,1H3,(H3,18,19). The molecule has 108 valence electrons. The molecule has 0 unspecified atom stereocenters. The summed E-state index contributed by atoms with van der Waals surface area (Å²) in [5, 5.41) is 8.39. The van der Waals surface area contributed by atoms with E-state index in [1.165, 1.54) is 5.69 Å². The lowest BCUT2D eigenvalue weighted by atomic mass is 10.1. The molecular formula is C16H17ClN4. The lowest BCUT2D eigenvalue weighted by Gasteiger charge is -2.37. The molecule has 3 rings (SSSR count). The number of anilines is 3. The molecule has 0 aliphatic carbocycles. The summed E-state index contributed by atoms with van der Waals surface area (Å²) >= 11 is 6.04. The van der Waals surface area contributed by atoms with Gasteiger partial charge in [-0.1, -0.05) is 23.7 Å². The number of nitrogens with one attached hydrogen (secondary N) is 1. The Hall–Kier alpha value is -2.20. The summed E-state index contributed by atoms with van der Waals surface area (Å²) in [4.78, 5) is 4.43. The Labute approximate surface area is 129 Å². The molecule has 0 fully saturated rings. The molecule has 0 aromatic heterocycles. The van der Waals surface area contributed by atoms with Gasteiger partial charge in [0.1, 0.15) is 5.84 Å². The Bertz CT molecular complexity index is 698. The number of fused-ring (bicyclic) bond motifs is 1. The van der Waals surface area contributed by atoms with Gasteiger partial charge in [0.05, 0.1) is 17.1 Å². The first-order chi connectivity index (χ1) is 10.1. The number of nitrogens with zero attached hydrogens (tertiary/aromatic N) is 2. The largest absolute Gasteiger partial charge is 0.384 e. The van der Waals surface area contributed by atoms with Crippen molar-refractivity contribution in [2.75, 3.05) is 29.9 Å². The van der Waals surface area contributed by atoms with Crippen molar-refractivity contribution in [1.29, 1.82) is 5.41 Å². The number of nitrogens with two attached hydrogens (primary N) is 1. The summed E-state index contributed by atoms with van der Waals surface area (Å²) in [7, 11) is 2.09. The minimum absolute atomic E-state index is 0.0314. The highest BCUT2D eigenvalue weighted by Gasteiger charge is 2.23. The molecule has 0 saturated carbocycles. The van der Waals surface area contributed by atoms with Crippen molar-refractivity contribution in [3.63, 3.8) is 0 Å². The molecule has 0 bridgehead atoms. The first kappa shape index (κ1) is 13.8. The third-order valence-corrected chi connectivity index (χ3v) is 4.02. The number of hydrogen-bond donors (Lipinski definition) is 2. The molecule has 21 heavy (non-hydrogen) atoms. The number of nitrogen functional groups attached to an aromatic ring is 1. The second-order valence-corrected chi connectivity index (χ2v) is 5.57. The molecule has 0 amide bonds. The van der Waals surface area contributed by atoms with Gasteiger partial charge in [-0.2, -0.15) is 0 Å². The molecule has 0 radical (unpaired) electrons. The van der Waals surface area contributed by atoms with E-state index in [-0.39, 0.29) is 5.84 Å². The smallest absolute Gasteiger partial charge is 0.124 e. The third-order valence-electron chi connectivity index (χ3n) is 3.78. The predicted molar refractivity (Wildman–Crippen MR) is 89.2 cm³/mol. The van der Waals surface area contributed by atoms with E-state index in [4.69, 9.17) is 22.7 Å². The number of halogens is 1. The maximum Gasteiger partial charge on any atom is 0.124 e. The van der Waals surface area contributed by atoms with Crippen molar-refractivity contribution in [1.82, 2.24) is 0 Å². The number of hydrogen-bond acceptors (Lipinski definition) is 3. The molecule has 0 atom stereocenters. The second-order valence-electron chi connectivity index (χ2n) is 5.14. The zero-order chi connectivity index (χ0) is 15.0. The van der Waals surface area contributed by atoms with Gasteiger partial charge in [0.15, 0.2) is 0 Å². The number of likely N-dealkylation sites (N-methyl/N-ethyl adjacent to an activating group) is 1. The highest BCUT2D eigenvalue weighted by Crippen LogP contribution is 2.38. The van der Waals surface area contributed by atoms with Gasteiger partial charge < -0.3 is 15.5 Å². The lowest BCUT2D eigenvalue weighted by molar-refractivity contribution is 0.821. The molecule has 1 aliphatic rings. The van der Waals surface area contributed by atoms with Crippen LogP contribution < -0.4 is 15.5 Å². The zero-order valence-electron chi connectivity index (χ0n) is 11.8. The predicted octanol–water partition coefficient (Wildman–Crippen LogP) is 3.21. The van der Waals surface area contributed by atoms with E-state index < -0.39 is 0 Å². The Kier molecular flexibility index (Phi) is 3.47. The minimum Gasteiger partial charge on any atom is -0.384 e. The Morgan fingerprint density at radius 3 is 2.52 bits per heavy atom. The Morgan fingerprint density at radius 2 is 1.81 bits per heavy atom. The molecule has 3 N–H and O–H groups in total. The summed E-state index contributed by atoms with van der Waals surface area (Å²) in [6.45, 7) is 1.76. The van der Waals surface area contributed by atoms with Gasteiger partial charge >= 0.3 is 0 Å². The van der Waals surface area contributed by atoms with Crippen molar-refractivity contribution in [3.05, 3.63) is 53.1 Å². The summed E-state index contributed by atoms with van der Waals surface area (Å²) in [6.07, 6.45) is 0. The van der Waals surface area contributed by atoms with Crippen LogP contribution in [0.5, 0.6) is 0 Å². The van der Waals surface area contributed by atoms with Gasteiger partial charge in [-0.25, -0.2) is 0 Å². The molecule has 5 heteroatoms. The number of amidine groups is 1. The monoisotopic (exact) mass is 300 g/mol. The molecule has 4 nitrogen and oxygen atoms in total. The minimum atomic E-state index is 0.0314. The highest BCUT2D eigenvalue weighted by atomic mass is 35.5. The molecule has 0 spiro atoms. The molecule has 2 aromatic carbocycles. The van der Waals surface area contributed by atoms with Gasteiger partial charge in [0.25, 0.3) is 0 Å². The van der Waals surface area contributed by atoms with Crippen LogP contribution in [0.3, 0.4) is 0 Å². The summed E-state index contributed by atoms with van der Waals surface area (Å²) in [5.74, 6) is 0.0314. The van der Waals surface area contributed by atoms with Crippen LogP contribution in [0.2, 0.25) is 5.02 Å². The van der Waals surface area contributed by atoms with E-state index in [1.54, 1.807) is 6.07 Å². The van der Waals surface area contributed by atoms with Gasteiger partial charge in [0.2, 0.25) is 0 Å². The Morgan fingerprint density at radius 1 is 1.10 bits per heavy atom. The van der Waals surface area contributed by atoms with Crippen LogP contribution in [0.1, 0.15) is 5.56 Å². The highest BCUT2D eigenvalue weighted by molar-refractivity contribution is 6.31. The topological polar surface area (TPSA) is 56.4 Å². The summed E-state index contributed by atoms with van der Waals surface area (Å²) < 4.78 is 0. The van der Waals surface area contributed by atoms with Crippen LogP contribution in [0.4, 0.5) is 17.1 Å². The average molecular weight is 301 g/mol. The maximum absolute atomic E-state index is 7.80. The van der Waals surface area contributed by atoms with Gasteiger partial charge in [-0.05, 0) is 30.3 Å². The van der Waals surface area contributed by atoms with Gasteiger partial charge in [0, 0.05) is 30.7 Å². The van der Waals surface area contributed by atoms with Crippen LogP contribution in [-0.2, 0) is 0 Å². The van der Waals surface area contributed by atoms with Crippen molar-refractivity contribution in [3.8, 4) is 0 Å². The quantitative estimate of drug-likeness (QED) is 0.661. The molecular weight excluding hydrogens is 284 g/mol. The van der Waals surface area contributed by atoms with Crippen molar-refractivity contribution < 1.29 is 0 Å². The van der Waals surface area contributed by atoms with E-state index in [2.05, 4.69) is 29.0 Å². The Balaban J connectivity index is 2.14. The van der Waals surface area contributed by atoms with Crippen LogP contribution in [0.25, 0.3) is 0 Å². The van der Waals surface area contributed by atoms with Crippen molar-refractivity contribution in [2.24, 2.45) is 5.73 Å². The number of benzene rings is 2. The molecule has 0 saturated heterocycles. The maximum atomic E-state index is 7.80. The van der Waals surface area contributed by atoms with Crippen LogP contribution >= 0.6 is 11.6 Å². The van der Waals surface area contributed by atoms with E-state index >= 15 is 0 Å². The fourth-order valence-electron chi connectivity index (χ4n) is 2.72. The van der Waals surface area contributed by atoms with E-state index in [0.29, 0.717) is 10.6 Å². The SMILES string of the molecule is CN1CCN(c2ccc(Cl)cc2C(=N)N)c2ccccc21.